The Morgan fingerprint density at radius 3 is 2.44 bits per heavy atom. The van der Waals surface area contributed by atoms with Gasteiger partial charge in [0.2, 0.25) is 0 Å². The second kappa shape index (κ2) is 6.69. The van der Waals surface area contributed by atoms with Crippen molar-refractivity contribution in [1.29, 1.82) is 0 Å². The van der Waals surface area contributed by atoms with Gasteiger partial charge < -0.3 is 5.73 Å². The number of thiophene rings is 1. The van der Waals surface area contributed by atoms with E-state index in [0.29, 0.717) is 0 Å². The maximum Gasteiger partial charge on any atom is 0.0332 e. The normalized spacial score (nSPS) is 20.6. The second-order valence-corrected chi connectivity index (χ2v) is 6.66. The number of likely N-dealkylation sites (N-methyl/N-ethyl adjacent to an activating group) is 1. The summed E-state index contributed by atoms with van der Waals surface area (Å²) in [6.45, 7) is 1.85. The lowest BCUT2D eigenvalue weighted by Gasteiger charge is -2.42. The van der Waals surface area contributed by atoms with Crippen LogP contribution in [0.2, 0.25) is 0 Å². The van der Waals surface area contributed by atoms with E-state index in [9.17, 15) is 0 Å². The van der Waals surface area contributed by atoms with Crippen LogP contribution in [0.1, 0.15) is 49.8 Å². The van der Waals surface area contributed by atoms with Crippen molar-refractivity contribution < 1.29 is 0 Å². The van der Waals surface area contributed by atoms with Crippen molar-refractivity contribution >= 4 is 11.3 Å². The van der Waals surface area contributed by atoms with Crippen LogP contribution in [0.15, 0.2) is 17.5 Å². The molecule has 0 amide bonds. The standard InChI is InChI=1S/C15H26N2S/c1-17(12-14-8-7-11-18-14)15(13-16)9-5-3-2-4-6-10-15/h7-8,11H,2-6,9-10,12-13,16H2,1H3. The summed E-state index contributed by atoms with van der Waals surface area (Å²) in [5, 5.41) is 2.16. The van der Waals surface area contributed by atoms with E-state index in [0.717, 1.165) is 13.1 Å². The van der Waals surface area contributed by atoms with Gasteiger partial charge in [0.05, 0.1) is 0 Å². The third-order valence-corrected chi connectivity index (χ3v) is 5.31. The molecule has 0 bridgehead atoms. The van der Waals surface area contributed by atoms with Gasteiger partial charge in [0.25, 0.3) is 0 Å². The van der Waals surface area contributed by atoms with Crippen LogP contribution >= 0.6 is 11.3 Å². The summed E-state index contributed by atoms with van der Waals surface area (Å²) in [5.74, 6) is 0. The summed E-state index contributed by atoms with van der Waals surface area (Å²) in [6, 6.07) is 4.37. The summed E-state index contributed by atoms with van der Waals surface area (Å²) in [6.07, 6.45) is 9.40. The van der Waals surface area contributed by atoms with Gasteiger partial charge in [-0.05, 0) is 31.3 Å². The van der Waals surface area contributed by atoms with Crippen LogP contribution in [0.5, 0.6) is 0 Å². The Labute approximate surface area is 115 Å². The second-order valence-electron chi connectivity index (χ2n) is 5.63. The molecule has 102 valence electrons. The first-order valence-electron chi connectivity index (χ1n) is 7.20. The van der Waals surface area contributed by atoms with Crippen LogP contribution in [0.25, 0.3) is 0 Å². The largest absolute Gasteiger partial charge is 0.329 e. The molecule has 1 fully saturated rings. The highest BCUT2D eigenvalue weighted by Crippen LogP contribution is 2.31. The zero-order chi connectivity index (χ0) is 12.8. The molecule has 0 radical (unpaired) electrons. The van der Waals surface area contributed by atoms with Crippen LogP contribution in [0.4, 0.5) is 0 Å². The minimum Gasteiger partial charge on any atom is -0.329 e. The minimum atomic E-state index is 0.240. The zero-order valence-corrected chi connectivity index (χ0v) is 12.3. The number of hydrogen-bond donors (Lipinski definition) is 1. The maximum absolute atomic E-state index is 6.15. The van der Waals surface area contributed by atoms with Crippen LogP contribution < -0.4 is 5.73 Å². The Kier molecular flexibility index (Phi) is 5.22. The first-order chi connectivity index (χ1) is 8.77. The van der Waals surface area contributed by atoms with E-state index in [1.54, 1.807) is 0 Å². The lowest BCUT2D eigenvalue weighted by Crippen LogP contribution is -2.51. The van der Waals surface area contributed by atoms with Crippen molar-refractivity contribution in [2.75, 3.05) is 13.6 Å². The van der Waals surface area contributed by atoms with Crippen molar-refractivity contribution in [3.8, 4) is 0 Å². The molecule has 0 aromatic carbocycles. The van der Waals surface area contributed by atoms with Gasteiger partial charge in [-0.1, -0.05) is 38.2 Å². The molecule has 0 atom stereocenters. The molecule has 2 nitrogen and oxygen atoms in total. The van der Waals surface area contributed by atoms with Crippen molar-refractivity contribution in [3.05, 3.63) is 22.4 Å². The third kappa shape index (κ3) is 3.34. The molecule has 0 spiro atoms. The van der Waals surface area contributed by atoms with Crippen molar-refractivity contribution in [2.24, 2.45) is 5.73 Å². The van der Waals surface area contributed by atoms with E-state index in [1.165, 1.54) is 49.8 Å². The average Bonchev–Trinajstić information content (AvgIpc) is 2.82. The van der Waals surface area contributed by atoms with E-state index in [4.69, 9.17) is 5.73 Å². The summed E-state index contributed by atoms with van der Waals surface area (Å²) in [4.78, 5) is 3.97. The van der Waals surface area contributed by atoms with Crippen molar-refractivity contribution in [2.45, 2.75) is 57.0 Å². The Morgan fingerprint density at radius 2 is 1.89 bits per heavy atom. The molecule has 1 heterocycles. The SMILES string of the molecule is CN(Cc1cccs1)C1(CN)CCCCCCC1. The molecule has 0 aliphatic heterocycles. The Balaban J connectivity index is 2.03. The third-order valence-electron chi connectivity index (χ3n) is 4.45. The molecule has 1 aliphatic rings. The average molecular weight is 266 g/mol. The minimum absolute atomic E-state index is 0.240. The predicted molar refractivity (Wildman–Crippen MR) is 79.9 cm³/mol. The molecule has 1 aliphatic carbocycles. The molecular weight excluding hydrogens is 240 g/mol. The summed E-state index contributed by atoms with van der Waals surface area (Å²) in [5.41, 5.74) is 6.39. The molecule has 18 heavy (non-hydrogen) atoms. The van der Waals surface area contributed by atoms with Gasteiger partial charge in [-0.15, -0.1) is 11.3 Å². The van der Waals surface area contributed by atoms with Gasteiger partial charge in [0, 0.05) is 23.5 Å². The molecule has 1 aromatic heterocycles. The first kappa shape index (κ1) is 14.0. The van der Waals surface area contributed by atoms with Crippen molar-refractivity contribution in [3.63, 3.8) is 0 Å². The molecular formula is C15H26N2S. The van der Waals surface area contributed by atoms with Gasteiger partial charge in [0.1, 0.15) is 0 Å². The highest BCUT2D eigenvalue weighted by atomic mass is 32.1. The van der Waals surface area contributed by atoms with Crippen LogP contribution in [0, 0.1) is 0 Å². The monoisotopic (exact) mass is 266 g/mol. The summed E-state index contributed by atoms with van der Waals surface area (Å²) in [7, 11) is 2.26. The van der Waals surface area contributed by atoms with Gasteiger partial charge in [0.15, 0.2) is 0 Å². The quantitative estimate of drug-likeness (QED) is 0.902. The first-order valence-corrected chi connectivity index (χ1v) is 8.08. The maximum atomic E-state index is 6.15. The lowest BCUT2D eigenvalue weighted by atomic mass is 9.82. The number of nitrogens with two attached hydrogens (primary N) is 1. The molecule has 1 saturated carbocycles. The smallest absolute Gasteiger partial charge is 0.0332 e. The number of nitrogens with zero attached hydrogens (tertiary/aromatic N) is 1. The van der Waals surface area contributed by atoms with E-state index >= 15 is 0 Å². The van der Waals surface area contributed by atoms with Gasteiger partial charge in [-0.3, -0.25) is 4.90 Å². The highest BCUT2D eigenvalue weighted by Gasteiger charge is 2.33. The Morgan fingerprint density at radius 1 is 1.22 bits per heavy atom. The van der Waals surface area contributed by atoms with E-state index in [-0.39, 0.29) is 5.54 Å². The lowest BCUT2D eigenvalue weighted by molar-refractivity contribution is 0.0875. The fourth-order valence-corrected chi connectivity index (χ4v) is 3.87. The fraction of sp³-hybridized carbons (Fsp3) is 0.733. The predicted octanol–water partition coefficient (Wildman–Crippen LogP) is 3.62. The summed E-state index contributed by atoms with van der Waals surface area (Å²) >= 11 is 1.85. The molecule has 0 saturated heterocycles. The highest BCUT2D eigenvalue weighted by molar-refractivity contribution is 7.09. The van der Waals surface area contributed by atoms with Gasteiger partial charge >= 0.3 is 0 Å². The topological polar surface area (TPSA) is 29.3 Å². The van der Waals surface area contributed by atoms with E-state index in [2.05, 4.69) is 29.5 Å². The molecule has 2 N–H and O–H groups in total. The summed E-state index contributed by atoms with van der Waals surface area (Å²) < 4.78 is 0. The Hall–Kier alpha value is -0.380. The van der Waals surface area contributed by atoms with Crippen LogP contribution in [0.3, 0.4) is 0 Å². The molecule has 1 aromatic rings. The van der Waals surface area contributed by atoms with Crippen LogP contribution in [-0.2, 0) is 6.54 Å². The molecule has 0 unspecified atom stereocenters. The van der Waals surface area contributed by atoms with Gasteiger partial charge in [-0.2, -0.15) is 0 Å². The molecule has 2 rings (SSSR count). The van der Waals surface area contributed by atoms with Gasteiger partial charge in [-0.25, -0.2) is 0 Å². The zero-order valence-electron chi connectivity index (χ0n) is 11.5. The molecule has 3 heteroatoms. The van der Waals surface area contributed by atoms with Crippen molar-refractivity contribution in [1.82, 2.24) is 4.90 Å². The Bertz CT molecular complexity index is 326. The van der Waals surface area contributed by atoms with E-state index < -0.39 is 0 Å². The number of rotatable bonds is 4. The van der Waals surface area contributed by atoms with E-state index in [1.807, 2.05) is 11.3 Å². The fourth-order valence-electron chi connectivity index (χ4n) is 3.11. The van der Waals surface area contributed by atoms with Crippen LogP contribution in [-0.4, -0.2) is 24.0 Å². The number of hydrogen-bond acceptors (Lipinski definition) is 3.